The van der Waals surface area contributed by atoms with Crippen LogP contribution in [0.5, 0.6) is 0 Å². The molecule has 3 aromatic rings. The summed E-state index contributed by atoms with van der Waals surface area (Å²) in [5.41, 5.74) is 3.05. The van der Waals surface area contributed by atoms with E-state index >= 15 is 0 Å². The minimum atomic E-state index is -3.22. The number of fused-ring (bicyclic) bond motifs is 1. The van der Waals surface area contributed by atoms with Crippen LogP contribution in [0.3, 0.4) is 0 Å². The second-order valence-corrected chi connectivity index (χ2v) is 10.8. The van der Waals surface area contributed by atoms with Gasteiger partial charge >= 0.3 is 0 Å². The molecule has 2 aromatic carbocycles. The van der Waals surface area contributed by atoms with Crippen LogP contribution >= 0.6 is 11.3 Å². The molecule has 8 heteroatoms. The first kappa shape index (κ1) is 21.0. The van der Waals surface area contributed by atoms with Crippen molar-refractivity contribution in [3.8, 4) is 0 Å². The Morgan fingerprint density at radius 2 is 1.83 bits per heavy atom. The molecule has 0 atom stereocenters. The van der Waals surface area contributed by atoms with Gasteiger partial charge in [-0.25, -0.2) is 17.7 Å². The van der Waals surface area contributed by atoms with Crippen molar-refractivity contribution in [1.82, 2.24) is 9.29 Å². The van der Waals surface area contributed by atoms with E-state index in [0.717, 1.165) is 21.3 Å². The second-order valence-electron chi connectivity index (χ2n) is 7.76. The number of hydrogen-bond acceptors (Lipinski definition) is 5. The zero-order valence-corrected chi connectivity index (χ0v) is 18.7. The molecule has 6 nitrogen and oxygen atoms in total. The maximum absolute atomic E-state index is 13.5. The molecule has 1 amide bonds. The summed E-state index contributed by atoms with van der Waals surface area (Å²) < 4.78 is 26.1. The number of piperidine rings is 1. The van der Waals surface area contributed by atoms with Crippen LogP contribution in [0.1, 0.15) is 24.0 Å². The van der Waals surface area contributed by atoms with E-state index < -0.39 is 10.0 Å². The van der Waals surface area contributed by atoms with Crippen LogP contribution < -0.4 is 4.90 Å². The number of hydrogen-bond donors (Lipinski definition) is 0. The smallest absolute Gasteiger partial charge is 0.232 e. The molecule has 0 N–H and O–H groups in total. The van der Waals surface area contributed by atoms with Gasteiger partial charge < -0.3 is 0 Å². The first-order chi connectivity index (χ1) is 14.3. The number of carbonyl (C=O) groups is 1. The second kappa shape index (κ2) is 8.45. The summed E-state index contributed by atoms with van der Waals surface area (Å²) >= 11 is 1.52. The molecular weight excluding hydrogens is 418 g/mol. The summed E-state index contributed by atoms with van der Waals surface area (Å²) in [4.78, 5) is 20.1. The molecule has 2 heterocycles. The lowest BCUT2D eigenvalue weighted by Crippen LogP contribution is -2.44. The van der Waals surface area contributed by atoms with E-state index in [2.05, 4.69) is 0 Å². The van der Waals surface area contributed by atoms with E-state index in [-0.39, 0.29) is 11.8 Å². The standard InChI is InChI=1S/C22H25N3O3S2/c1-16-7-6-10-19-20(16)23-22(29-19)25(15-17-8-4-3-5-9-17)21(26)18-11-13-24(14-12-18)30(2,27)28/h3-10,18H,11-15H2,1-2H3. The molecule has 0 radical (unpaired) electrons. The fraction of sp³-hybridized carbons (Fsp3) is 0.364. The summed E-state index contributed by atoms with van der Waals surface area (Å²) in [6.07, 6.45) is 2.28. The van der Waals surface area contributed by atoms with Crippen molar-refractivity contribution in [2.75, 3.05) is 24.2 Å². The number of carbonyl (C=O) groups excluding carboxylic acids is 1. The van der Waals surface area contributed by atoms with Crippen molar-refractivity contribution in [2.24, 2.45) is 5.92 Å². The highest BCUT2D eigenvalue weighted by atomic mass is 32.2. The third-order valence-electron chi connectivity index (χ3n) is 5.56. The molecule has 1 aliphatic heterocycles. The van der Waals surface area contributed by atoms with Gasteiger partial charge in [-0.1, -0.05) is 53.8 Å². The Kier molecular flexibility index (Phi) is 5.90. The predicted molar refractivity (Wildman–Crippen MR) is 121 cm³/mol. The van der Waals surface area contributed by atoms with E-state index in [1.807, 2.05) is 55.5 Å². The molecule has 4 rings (SSSR count). The number of nitrogens with zero attached hydrogens (tertiary/aromatic N) is 3. The average Bonchev–Trinajstić information content (AvgIpc) is 3.17. The van der Waals surface area contributed by atoms with Gasteiger partial charge in [-0.15, -0.1) is 0 Å². The number of aromatic nitrogens is 1. The van der Waals surface area contributed by atoms with Crippen molar-refractivity contribution in [2.45, 2.75) is 26.3 Å². The molecule has 0 bridgehead atoms. The summed E-state index contributed by atoms with van der Waals surface area (Å²) in [5, 5.41) is 0.693. The van der Waals surface area contributed by atoms with Crippen molar-refractivity contribution in [3.05, 3.63) is 59.7 Å². The first-order valence-electron chi connectivity index (χ1n) is 9.99. The number of anilines is 1. The van der Waals surface area contributed by atoms with Gasteiger partial charge in [-0.05, 0) is 37.0 Å². The molecule has 1 aromatic heterocycles. The quantitative estimate of drug-likeness (QED) is 0.601. The van der Waals surface area contributed by atoms with Gasteiger partial charge in [-0.2, -0.15) is 0 Å². The minimum absolute atomic E-state index is 0.0173. The Morgan fingerprint density at radius 1 is 1.13 bits per heavy atom. The number of aryl methyl sites for hydroxylation is 1. The number of benzene rings is 2. The van der Waals surface area contributed by atoms with Crippen molar-refractivity contribution in [3.63, 3.8) is 0 Å². The molecule has 0 unspecified atom stereocenters. The molecule has 158 valence electrons. The highest BCUT2D eigenvalue weighted by Crippen LogP contribution is 2.33. The monoisotopic (exact) mass is 443 g/mol. The molecule has 1 fully saturated rings. The van der Waals surface area contributed by atoms with Crippen molar-refractivity contribution < 1.29 is 13.2 Å². The minimum Gasteiger partial charge on any atom is -0.283 e. The Labute approximate surface area is 181 Å². The van der Waals surface area contributed by atoms with Crippen LogP contribution in [0.2, 0.25) is 0 Å². The Hall–Kier alpha value is -2.29. The lowest BCUT2D eigenvalue weighted by molar-refractivity contribution is -0.123. The largest absolute Gasteiger partial charge is 0.283 e. The fourth-order valence-corrected chi connectivity index (χ4v) is 5.77. The Balaban J connectivity index is 1.63. The number of amides is 1. The van der Waals surface area contributed by atoms with Crippen LogP contribution in [0, 0.1) is 12.8 Å². The normalized spacial score (nSPS) is 16.1. The van der Waals surface area contributed by atoms with E-state index in [4.69, 9.17) is 4.98 Å². The fourth-order valence-electron chi connectivity index (χ4n) is 3.85. The van der Waals surface area contributed by atoms with Crippen LogP contribution in [0.15, 0.2) is 48.5 Å². The maximum atomic E-state index is 13.5. The molecule has 1 aliphatic rings. The number of sulfonamides is 1. The molecule has 1 saturated heterocycles. The van der Waals surface area contributed by atoms with E-state index in [0.29, 0.717) is 37.6 Å². The molecular formula is C22H25N3O3S2. The van der Waals surface area contributed by atoms with Gasteiger partial charge in [0.25, 0.3) is 0 Å². The van der Waals surface area contributed by atoms with Gasteiger partial charge in [0.1, 0.15) is 0 Å². The highest BCUT2D eigenvalue weighted by Gasteiger charge is 2.33. The lowest BCUT2D eigenvalue weighted by atomic mass is 9.96. The summed E-state index contributed by atoms with van der Waals surface area (Å²) in [6.45, 7) is 3.24. The zero-order chi connectivity index (χ0) is 21.3. The number of thiazole rings is 1. The third kappa shape index (κ3) is 4.40. The number of para-hydroxylation sites is 1. The van der Waals surface area contributed by atoms with Crippen LogP contribution in [0.25, 0.3) is 10.2 Å². The molecule has 0 saturated carbocycles. The maximum Gasteiger partial charge on any atom is 0.232 e. The van der Waals surface area contributed by atoms with Crippen LogP contribution in [-0.2, 0) is 21.4 Å². The van der Waals surface area contributed by atoms with Gasteiger partial charge in [-0.3, -0.25) is 9.69 Å². The van der Waals surface area contributed by atoms with Gasteiger partial charge in [0, 0.05) is 19.0 Å². The van der Waals surface area contributed by atoms with Crippen LogP contribution in [0.4, 0.5) is 5.13 Å². The molecule has 0 spiro atoms. The van der Waals surface area contributed by atoms with Crippen molar-refractivity contribution in [1.29, 1.82) is 0 Å². The Morgan fingerprint density at radius 3 is 2.47 bits per heavy atom. The molecule has 30 heavy (non-hydrogen) atoms. The average molecular weight is 444 g/mol. The van der Waals surface area contributed by atoms with E-state index in [9.17, 15) is 13.2 Å². The van der Waals surface area contributed by atoms with Gasteiger partial charge in [0.15, 0.2) is 5.13 Å². The highest BCUT2D eigenvalue weighted by molar-refractivity contribution is 7.88. The topological polar surface area (TPSA) is 70.6 Å². The summed E-state index contributed by atoms with van der Waals surface area (Å²) in [5.74, 6) is -0.191. The predicted octanol–water partition coefficient (Wildman–Crippen LogP) is 3.81. The van der Waals surface area contributed by atoms with Gasteiger partial charge in [0.05, 0.1) is 23.0 Å². The van der Waals surface area contributed by atoms with Crippen LogP contribution in [-0.4, -0.2) is 43.0 Å². The Bertz CT molecular complexity index is 1150. The molecule has 0 aliphatic carbocycles. The summed E-state index contributed by atoms with van der Waals surface area (Å²) in [6, 6.07) is 15.9. The van der Waals surface area contributed by atoms with Crippen molar-refractivity contribution >= 4 is 42.6 Å². The first-order valence-corrected chi connectivity index (χ1v) is 12.7. The number of rotatable bonds is 5. The summed E-state index contributed by atoms with van der Waals surface area (Å²) in [7, 11) is -3.22. The van der Waals surface area contributed by atoms with E-state index in [1.54, 1.807) is 4.90 Å². The SMILES string of the molecule is Cc1cccc2sc(N(Cc3ccccc3)C(=O)C3CCN(S(C)(=O)=O)CC3)nc12. The van der Waals surface area contributed by atoms with Gasteiger partial charge in [0.2, 0.25) is 15.9 Å². The zero-order valence-electron chi connectivity index (χ0n) is 17.1. The van der Waals surface area contributed by atoms with E-state index in [1.165, 1.54) is 21.9 Å². The third-order valence-corrected chi connectivity index (χ3v) is 7.91. The lowest BCUT2D eigenvalue weighted by Gasteiger charge is -2.32.